The summed E-state index contributed by atoms with van der Waals surface area (Å²) in [6.45, 7) is 7.48. The van der Waals surface area contributed by atoms with Gasteiger partial charge in [0, 0.05) is 64.3 Å². The zero-order chi connectivity index (χ0) is 19.6. The van der Waals surface area contributed by atoms with Crippen molar-refractivity contribution in [2.75, 3.05) is 52.9 Å². The molecule has 2 rings (SSSR count). The fourth-order valence-electron chi connectivity index (χ4n) is 3.05. The van der Waals surface area contributed by atoms with Gasteiger partial charge < -0.3 is 15.5 Å². The molecule has 27 heavy (non-hydrogen) atoms. The van der Waals surface area contributed by atoms with E-state index in [1.54, 1.807) is 14.0 Å². The number of nitrogens with zero attached hydrogens (tertiary/aromatic N) is 3. The molecule has 1 aromatic carbocycles. The lowest BCUT2D eigenvalue weighted by Gasteiger charge is -2.34. The van der Waals surface area contributed by atoms with Gasteiger partial charge in [0.1, 0.15) is 5.82 Å². The number of aliphatic imine (C=N–C) groups is 1. The van der Waals surface area contributed by atoms with Crippen LogP contribution in [0.1, 0.15) is 18.9 Å². The second kappa shape index (κ2) is 11.2. The highest BCUT2D eigenvalue weighted by atomic mass is 79.9. The summed E-state index contributed by atoms with van der Waals surface area (Å²) in [5.41, 5.74) is 0.729. The summed E-state index contributed by atoms with van der Waals surface area (Å²) < 4.78 is 14.6. The highest BCUT2D eigenvalue weighted by Gasteiger charge is 2.17. The maximum absolute atomic E-state index is 13.8. The smallest absolute Gasteiger partial charge is 0.219 e. The molecule has 1 aromatic rings. The first-order chi connectivity index (χ1) is 13.0. The van der Waals surface area contributed by atoms with Gasteiger partial charge in [0.15, 0.2) is 5.96 Å². The van der Waals surface area contributed by atoms with Gasteiger partial charge in [-0.05, 0) is 30.5 Å². The van der Waals surface area contributed by atoms with E-state index in [9.17, 15) is 9.18 Å². The lowest BCUT2D eigenvalue weighted by molar-refractivity contribution is -0.130. The summed E-state index contributed by atoms with van der Waals surface area (Å²) >= 11 is 3.27. The van der Waals surface area contributed by atoms with Crippen molar-refractivity contribution >= 4 is 27.8 Å². The van der Waals surface area contributed by atoms with Crippen LogP contribution in [0.3, 0.4) is 0 Å². The Morgan fingerprint density at radius 3 is 2.56 bits per heavy atom. The second-order valence-corrected chi connectivity index (χ2v) is 7.53. The predicted octanol–water partition coefficient (Wildman–Crippen LogP) is 1.85. The molecule has 1 fully saturated rings. The van der Waals surface area contributed by atoms with E-state index >= 15 is 0 Å². The number of carbonyl (C=O) groups excluding carboxylic acids is 1. The number of carbonyl (C=O) groups is 1. The molecule has 2 N–H and O–H groups in total. The van der Waals surface area contributed by atoms with Crippen LogP contribution >= 0.6 is 15.9 Å². The molecule has 1 heterocycles. The third-order valence-corrected chi connectivity index (χ3v) is 5.19. The van der Waals surface area contributed by atoms with Gasteiger partial charge in [0.25, 0.3) is 0 Å². The molecule has 0 saturated carbocycles. The van der Waals surface area contributed by atoms with E-state index in [4.69, 9.17) is 0 Å². The van der Waals surface area contributed by atoms with Crippen LogP contribution in [0.2, 0.25) is 0 Å². The summed E-state index contributed by atoms with van der Waals surface area (Å²) in [6.07, 6.45) is 1.51. The molecule has 0 spiro atoms. The molecular formula is C19H29BrFN5O. The van der Waals surface area contributed by atoms with Crippen LogP contribution in [-0.4, -0.2) is 74.5 Å². The molecule has 0 atom stereocenters. The SMILES string of the molecule is CN=C(NCCCc1ccc(Br)cc1F)NCCN1CCN(C(C)=O)CC1. The second-order valence-electron chi connectivity index (χ2n) is 6.61. The summed E-state index contributed by atoms with van der Waals surface area (Å²) in [5, 5.41) is 6.57. The van der Waals surface area contributed by atoms with Crippen molar-refractivity contribution in [1.82, 2.24) is 20.4 Å². The van der Waals surface area contributed by atoms with Gasteiger partial charge in [0.2, 0.25) is 5.91 Å². The van der Waals surface area contributed by atoms with Crippen LogP contribution in [0, 0.1) is 5.82 Å². The highest BCUT2D eigenvalue weighted by Crippen LogP contribution is 2.16. The molecule has 0 aromatic heterocycles. The van der Waals surface area contributed by atoms with Crippen LogP contribution in [0.4, 0.5) is 4.39 Å². The lowest BCUT2D eigenvalue weighted by atomic mass is 10.1. The molecule has 0 bridgehead atoms. The Bertz CT molecular complexity index is 647. The molecule has 1 aliphatic heterocycles. The average Bonchev–Trinajstić information content (AvgIpc) is 2.65. The first kappa shape index (κ1) is 21.6. The van der Waals surface area contributed by atoms with Crippen molar-refractivity contribution < 1.29 is 9.18 Å². The maximum atomic E-state index is 13.8. The Kier molecular flexibility index (Phi) is 9.00. The van der Waals surface area contributed by atoms with Gasteiger partial charge in [-0.2, -0.15) is 0 Å². The molecule has 1 aliphatic rings. The van der Waals surface area contributed by atoms with Gasteiger partial charge in [-0.1, -0.05) is 22.0 Å². The van der Waals surface area contributed by atoms with Crippen LogP contribution in [0.25, 0.3) is 0 Å². The molecule has 6 nitrogen and oxygen atoms in total. The van der Waals surface area contributed by atoms with Crippen molar-refractivity contribution in [1.29, 1.82) is 0 Å². The zero-order valence-electron chi connectivity index (χ0n) is 16.1. The van der Waals surface area contributed by atoms with E-state index in [1.165, 1.54) is 6.07 Å². The number of hydrogen-bond donors (Lipinski definition) is 2. The predicted molar refractivity (Wildman–Crippen MR) is 110 cm³/mol. The molecule has 1 amide bonds. The molecule has 8 heteroatoms. The average molecular weight is 442 g/mol. The van der Waals surface area contributed by atoms with Crippen molar-refractivity contribution in [2.24, 2.45) is 4.99 Å². The number of nitrogens with one attached hydrogen (secondary N) is 2. The van der Waals surface area contributed by atoms with Gasteiger partial charge in [-0.25, -0.2) is 4.39 Å². The molecule has 150 valence electrons. The number of guanidine groups is 1. The highest BCUT2D eigenvalue weighted by molar-refractivity contribution is 9.10. The van der Waals surface area contributed by atoms with Crippen molar-refractivity contribution in [3.05, 3.63) is 34.1 Å². The third-order valence-electron chi connectivity index (χ3n) is 4.69. The minimum absolute atomic E-state index is 0.153. The monoisotopic (exact) mass is 441 g/mol. The summed E-state index contributed by atoms with van der Waals surface area (Å²) in [5.74, 6) is 0.741. The first-order valence-corrected chi connectivity index (χ1v) is 10.1. The molecule has 0 unspecified atom stereocenters. The number of halogens is 2. The van der Waals surface area contributed by atoms with Gasteiger partial charge in [-0.3, -0.25) is 14.7 Å². The Morgan fingerprint density at radius 1 is 1.22 bits per heavy atom. The van der Waals surface area contributed by atoms with Crippen LogP contribution in [0.5, 0.6) is 0 Å². The fourth-order valence-corrected chi connectivity index (χ4v) is 3.38. The van der Waals surface area contributed by atoms with Crippen LogP contribution < -0.4 is 10.6 Å². The van der Waals surface area contributed by atoms with E-state index in [0.29, 0.717) is 6.42 Å². The molecule has 0 radical (unpaired) electrons. The fraction of sp³-hybridized carbons (Fsp3) is 0.579. The maximum Gasteiger partial charge on any atom is 0.219 e. The summed E-state index contributed by atoms with van der Waals surface area (Å²) in [4.78, 5) is 19.8. The Balaban J connectivity index is 1.60. The number of piperazine rings is 1. The Hall–Kier alpha value is -1.67. The van der Waals surface area contributed by atoms with E-state index in [0.717, 1.165) is 68.2 Å². The first-order valence-electron chi connectivity index (χ1n) is 9.36. The largest absolute Gasteiger partial charge is 0.356 e. The third kappa shape index (κ3) is 7.46. The summed E-state index contributed by atoms with van der Waals surface area (Å²) in [7, 11) is 1.75. The number of rotatable bonds is 7. The van der Waals surface area contributed by atoms with Gasteiger partial charge in [-0.15, -0.1) is 0 Å². The van der Waals surface area contributed by atoms with Gasteiger partial charge in [0.05, 0.1) is 0 Å². The normalized spacial score (nSPS) is 15.7. The molecule has 1 saturated heterocycles. The quantitative estimate of drug-likeness (QED) is 0.385. The van der Waals surface area contributed by atoms with E-state index in [-0.39, 0.29) is 11.7 Å². The number of amides is 1. The topological polar surface area (TPSA) is 60.0 Å². The number of hydrogen-bond acceptors (Lipinski definition) is 3. The number of benzene rings is 1. The van der Waals surface area contributed by atoms with E-state index in [2.05, 4.69) is 36.5 Å². The minimum atomic E-state index is -0.170. The van der Waals surface area contributed by atoms with Crippen molar-refractivity contribution in [3.63, 3.8) is 0 Å². The van der Waals surface area contributed by atoms with E-state index in [1.807, 2.05) is 17.0 Å². The van der Waals surface area contributed by atoms with Crippen LogP contribution in [0.15, 0.2) is 27.7 Å². The van der Waals surface area contributed by atoms with E-state index < -0.39 is 0 Å². The Morgan fingerprint density at radius 2 is 1.93 bits per heavy atom. The molecular weight excluding hydrogens is 413 g/mol. The number of aryl methyl sites for hydroxylation is 1. The lowest BCUT2D eigenvalue weighted by Crippen LogP contribution is -2.50. The Labute approximate surface area is 169 Å². The van der Waals surface area contributed by atoms with Crippen molar-refractivity contribution in [3.8, 4) is 0 Å². The zero-order valence-corrected chi connectivity index (χ0v) is 17.7. The van der Waals surface area contributed by atoms with Crippen molar-refractivity contribution in [2.45, 2.75) is 19.8 Å². The summed E-state index contributed by atoms with van der Waals surface area (Å²) in [6, 6.07) is 5.18. The molecule has 0 aliphatic carbocycles. The standard InChI is InChI=1S/C19H29BrFN5O/c1-15(27)26-12-10-25(11-13-26)9-8-24-19(22-2)23-7-3-4-16-5-6-17(20)14-18(16)21/h5-6,14H,3-4,7-13H2,1-2H3,(H2,22,23,24). The van der Waals surface area contributed by atoms with Gasteiger partial charge >= 0.3 is 0 Å². The van der Waals surface area contributed by atoms with Crippen LogP contribution in [-0.2, 0) is 11.2 Å². The minimum Gasteiger partial charge on any atom is -0.356 e.